The van der Waals surface area contributed by atoms with Crippen LogP contribution in [0, 0.1) is 6.92 Å². The largest absolute Gasteiger partial charge is 0.508 e. The minimum Gasteiger partial charge on any atom is -0.508 e. The molecule has 1 unspecified atom stereocenters. The third-order valence-electron chi connectivity index (χ3n) is 2.24. The first-order chi connectivity index (χ1) is 8.00. The number of benzene rings is 1. The van der Waals surface area contributed by atoms with Crippen LogP contribution in [0.1, 0.15) is 12.5 Å². The third-order valence-corrected chi connectivity index (χ3v) is 2.24. The van der Waals surface area contributed by atoms with Crippen molar-refractivity contribution in [1.82, 2.24) is 5.32 Å². The van der Waals surface area contributed by atoms with E-state index in [4.69, 9.17) is 10.5 Å². The molecule has 5 nitrogen and oxygen atoms in total. The number of carbonyl (C=O) groups is 1. The van der Waals surface area contributed by atoms with E-state index in [1.807, 2.05) is 0 Å². The van der Waals surface area contributed by atoms with Crippen LogP contribution in [0.2, 0.25) is 0 Å². The first-order valence-corrected chi connectivity index (χ1v) is 5.44. The van der Waals surface area contributed by atoms with Gasteiger partial charge in [-0.05, 0) is 26.0 Å². The van der Waals surface area contributed by atoms with Crippen LogP contribution < -0.4 is 15.8 Å². The van der Waals surface area contributed by atoms with Gasteiger partial charge < -0.3 is 20.9 Å². The molecule has 0 bridgehead atoms. The minimum atomic E-state index is -0.231. The number of amides is 1. The zero-order valence-electron chi connectivity index (χ0n) is 10.1. The number of ether oxygens (including phenoxy) is 1. The molecule has 0 fully saturated rings. The Morgan fingerprint density at radius 1 is 1.59 bits per heavy atom. The number of aromatic hydroxyl groups is 1. The van der Waals surface area contributed by atoms with Gasteiger partial charge in [0.2, 0.25) is 0 Å². The van der Waals surface area contributed by atoms with Crippen LogP contribution in [-0.2, 0) is 4.79 Å². The summed E-state index contributed by atoms with van der Waals surface area (Å²) in [5, 5.41) is 12.1. The number of carbonyl (C=O) groups excluding carboxylic acids is 1. The molecule has 1 amide bonds. The van der Waals surface area contributed by atoms with E-state index in [9.17, 15) is 9.90 Å². The van der Waals surface area contributed by atoms with Crippen LogP contribution in [0.15, 0.2) is 18.2 Å². The fourth-order valence-corrected chi connectivity index (χ4v) is 1.23. The van der Waals surface area contributed by atoms with Crippen LogP contribution in [-0.4, -0.2) is 30.2 Å². The Morgan fingerprint density at radius 3 is 2.94 bits per heavy atom. The van der Waals surface area contributed by atoms with Crippen molar-refractivity contribution in [3.63, 3.8) is 0 Å². The van der Waals surface area contributed by atoms with Gasteiger partial charge >= 0.3 is 0 Å². The minimum absolute atomic E-state index is 0.0820. The smallest absolute Gasteiger partial charge is 0.257 e. The van der Waals surface area contributed by atoms with E-state index in [2.05, 4.69) is 5.32 Å². The van der Waals surface area contributed by atoms with Gasteiger partial charge in [-0.25, -0.2) is 0 Å². The predicted molar refractivity (Wildman–Crippen MR) is 65.0 cm³/mol. The molecule has 4 N–H and O–H groups in total. The summed E-state index contributed by atoms with van der Waals surface area (Å²) >= 11 is 0. The topological polar surface area (TPSA) is 84.6 Å². The summed E-state index contributed by atoms with van der Waals surface area (Å²) in [6.45, 7) is 3.86. The Hall–Kier alpha value is -1.75. The maximum absolute atomic E-state index is 11.4. The molecule has 17 heavy (non-hydrogen) atoms. The number of hydrogen-bond donors (Lipinski definition) is 3. The monoisotopic (exact) mass is 238 g/mol. The second kappa shape index (κ2) is 6.10. The summed E-state index contributed by atoms with van der Waals surface area (Å²) in [7, 11) is 0. The molecular weight excluding hydrogens is 220 g/mol. The van der Waals surface area contributed by atoms with Crippen LogP contribution in [0.25, 0.3) is 0 Å². The van der Waals surface area contributed by atoms with Gasteiger partial charge in [-0.1, -0.05) is 6.07 Å². The van der Waals surface area contributed by atoms with Gasteiger partial charge in [-0.15, -0.1) is 0 Å². The zero-order valence-corrected chi connectivity index (χ0v) is 10.1. The summed E-state index contributed by atoms with van der Waals surface area (Å²) in [6.07, 6.45) is 0. The van der Waals surface area contributed by atoms with Gasteiger partial charge in [-0.2, -0.15) is 0 Å². The summed E-state index contributed by atoms with van der Waals surface area (Å²) in [4.78, 5) is 11.4. The molecule has 0 aromatic heterocycles. The van der Waals surface area contributed by atoms with Crippen molar-refractivity contribution in [1.29, 1.82) is 0 Å². The summed E-state index contributed by atoms with van der Waals surface area (Å²) in [5.41, 5.74) is 6.12. The third kappa shape index (κ3) is 4.32. The molecular formula is C12H18N2O3. The van der Waals surface area contributed by atoms with Crippen LogP contribution in [0.3, 0.4) is 0 Å². The lowest BCUT2D eigenvalue weighted by Gasteiger charge is -2.11. The Morgan fingerprint density at radius 2 is 2.29 bits per heavy atom. The van der Waals surface area contributed by atoms with Gasteiger partial charge in [-0.3, -0.25) is 4.79 Å². The molecule has 1 atom stereocenters. The average molecular weight is 238 g/mol. The maximum Gasteiger partial charge on any atom is 0.257 e. The molecule has 0 aliphatic rings. The Bertz CT molecular complexity index is 391. The van der Waals surface area contributed by atoms with Crippen molar-refractivity contribution in [2.24, 2.45) is 5.73 Å². The Balaban J connectivity index is 2.45. The quantitative estimate of drug-likeness (QED) is 0.699. The van der Waals surface area contributed by atoms with Gasteiger partial charge in [0.1, 0.15) is 11.5 Å². The molecule has 0 aliphatic heterocycles. The molecule has 94 valence electrons. The Kier molecular flexibility index (Phi) is 4.78. The molecule has 0 aliphatic carbocycles. The molecule has 0 saturated heterocycles. The highest BCUT2D eigenvalue weighted by molar-refractivity contribution is 5.77. The van der Waals surface area contributed by atoms with Gasteiger partial charge in [0.25, 0.3) is 5.91 Å². The Labute approximate surface area is 101 Å². The fourth-order valence-electron chi connectivity index (χ4n) is 1.23. The van der Waals surface area contributed by atoms with Crippen molar-refractivity contribution in [2.45, 2.75) is 19.9 Å². The standard InChI is InChI=1S/C12H18N2O3/c1-8(13)6-14-12(16)7-17-11-5-3-4-10(15)9(11)2/h3-5,8,15H,6-7,13H2,1-2H3,(H,14,16). The number of phenolic OH excluding ortho intramolecular Hbond substituents is 1. The highest BCUT2D eigenvalue weighted by atomic mass is 16.5. The van der Waals surface area contributed by atoms with E-state index >= 15 is 0 Å². The molecule has 1 aromatic carbocycles. The van der Waals surface area contributed by atoms with Gasteiger partial charge in [0.05, 0.1) is 0 Å². The van der Waals surface area contributed by atoms with Crippen LogP contribution in [0.4, 0.5) is 0 Å². The van der Waals surface area contributed by atoms with Crippen molar-refractivity contribution >= 4 is 5.91 Å². The zero-order chi connectivity index (χ0) is 12.8. The highest BCUT2D eigenvalue weighted by Gasteiger charge is 2.07. The number of hydrogen-bond acceptors (Lipinski definition) is 4. The number of nitrogens with one attached hydrogen (secondary N) is 1. The van der Waals surface area contributed by atoms with E-state index in [-0.39, 0.29) is 24.3 Å². The van der Waals surface area contributed by atoms with E-state index in [0.717, 1.165) is 0 Å². The molecule has 0 spiro atoms. The van der Waals surface area contributed by atoms with Crippen LogP contribution in [0.5, 0.6) is 11.5 Å². The molecule has 5 heteroatoms. The van der Waals surface area contributed by atoms with E-state index < -0.39 is 0 Å². The molecule has 0 saturated carbocycles. The first-order valence-electron chi connectivity index (χ1n) is 5.44. The SMILES string of the molecule is Cc1c(O)cccc1OCC(=O)NCC(C)N. The van der Waals surface area contributed by atoms with E-state index in [0.29, 0.717) is 17.9 Å². The number of phenols is 1. The lowest BCUT2D eigenvalue weighted by Crippen LogP contribution is -2.37. The second-order valence-electron chi connectivity index (χ2n) is 3.97. The first kappa shape index (κ1) is 13.3. The molecule has 0 radical (unpaired) electrons. The average Bonchev–Trinajstić information content (AvgIpc) is 2.28. The van der Waals surface area contributed by atoms with E-state index in [1.165, 1.54) is 0 Å². The summed E-state index contributed by atoms with van der Waals surface area (Å²) in [6, 6.07) is 4.85. The lowest BCUT2D eigenvalue weighted by molar-refractivity contribution is -0.123. The summed E-state index contributed by atoms with van der Waals surface area (Å²) in [5.74, 6) is 0.421. The van der Waals surface area contributed by atoms with E-state index in [1.54, 1.807) is 32.0 Å². The second-order valence-corrected chi connectivity index (χ2v) is 3.97. The van der Waals surface area contributed by atoms with Crippen molar-refractivity contribution < 1.29 is 14.6 Å². The number of nitrogens with two attached hydrogens (primary N) is 1. The maximum atomic E-state index is 11.4. The number of rotatable bonds is 5. The lowest BCUT2D eigenvalue weighted by atomic mass is 10.2. The highest BCUT2D eigenvalue weighted by Crippen LogP contribution is 2.25. The van der Waals surface area contributed by atoms with Gasteiger partial charge in [0.15, 0.2) is 6.61 Å². The van der Waals surface area contributed by atoms with Gasteiger partial charge in [0, 0.05) is 18.2 Å². The normalized spacial score (nSPS) is 11.9. The fraction of sp³-hybridized carbons (Fsp3) is 0.417. The van der Waals surface area contributed by atoms with Crippen molar-refractivity contribution in [3.8, 4) is 11.5 Å². The summed E-state index contributed by atoms with van der Waals surface area (Å²) < 4.78 is 5.30. The molecule has 1 rings (SSSR count). The van der Waals surface area contributed by atoms with Crippen LogP contribution >= 0.6 is 0 Å². The predicted octanol–water partition coefficient (Wildman–Crippen LogP) is 0.543. The molecule has 0 heterocycles. The van der Waals surface area contributed by atoms with Crippen molar-refractivity contribution in [3.05, 3.63) is 23.8 Å². The van der Waals surface area contributed by atoms with Crippen molar-refractivity contribution in [2.75, 3.05) is 13.2 Å². The molecule has 1 aromatic rings.